The molecule has 1 fully saturated rings. The van der Waals surface area contributed by atoms with Crippen molar-refractivity contribution in [1.29, 1.82) is 0 Å². The number of halogens is 1. The SMILES string of the molecule is NCC1CCCC1NC(=O)CCCc1nc(-c2ccc(F)cc2)no1. The van der Waals surface area contributed by atoms with Gasteiger partial charge in [0.2, 0.25) is 17.6 Å². The van der Waals surface area contributed by atoms with E-state index in [0.29, 0.717) is 49.0 Å². The summed E-state index contributed by atoms with van der Waals surface area (Å²) in [5.41, 5.74) is 6.43. The summed E-state index contributed by atoms with van der Waals surface area (Å²) in [4.78, 5) is 16.3. The van der Waals surface area contributed by atoms with Crippen LogP contribution >= 0.6 is 0 Å². The summed E-state index contributed by atoms with van der Waals surface area (Å²) in [6.45, 7) is 0.624. The van der Waals surface area contributed by atoms with E-state index in [4.69, 9.17) is 10.3 Å². The predicted octanol–water partition coefficient (Wildman–Crippen LogP) is 2.44. The van der Waals surface area contributed by atoms with Crippen molar-refractivity contribution in [3.05, 3.63) is 36.0 Å². The first-order chi connectivity index (χ1) is 12.2. The normalized spacial score (nSPS) is 19.9. The Morgan fingerprint density at radius 2 is 2.12 bits per heavy atom. The number of benzene rings is 1. The van der Waals surface area contributed by atoms with Crippen LogP contribution in [0.25, 0.3) is 11.4 Å². The van der Waals surface area contributed by atoms with E-state index in [1.54, 1.807) is 12.1 Å². The molecule has 0 saturated heterocycles. The van der Waals surface area contributed by atoms with Crippen molar-refractivity contribution in [2.45, 2.75) is 44.6 Å². The number of amides is 1. The van der Waals surface area contributed by atoms with E-state index < -0.39 is 0 Å². The highest BCUT2D eigenvalue weighted by Gasteiger charge is 2.27. The number of hydrogen-bond donors (Lipinski definition) is 2. The van der Waals surface area contributed by atoms with Crippen molar-refractivity contribution in [3.63, 3.8) is 0 Å². The van der Waals surface area contributed by atoms with E-state index in [-0.39, 0.29) is 17.8 Å². The van der Waals surface area contributed by atoms with Gasteiger partial charge in [0.15, 0.2) is 0 Å². The summed E-state index contributed by atoms with van der Waals surface area (Å²) in [5.74, 6) is 1.04. The highest BCUT2D eigenvalue weighted by atomic mass is 19.1. The van der Waals surface area contributed by atoms with E-state index in [2.05, 4.69) is 15.5 Å². The lowest BCUT2D eigenvalue weighted by molar-refractivity contribution is -0.122. The Kier molecular flexibility index (Phi) is 5.75. The second kappa shape index (κ2) is 8.20. The Labute approximate surface area is 146 Å². The zero-order chi connectivity index (χ0) is 17.6. The third-order valence-corrected chi connectivity index (χ3v) is 4.67. The van der Waals surface area contributed by atoms with Gasteiger partial charge >= 0.3 is 0 Å². The van der Waals surface area contributed by atoms with E-state index in [1.807, 2.05) is 0 Å². The molecular weight excluding hydrogens is 323 g/mol. The zero-order valence-electron chi connectivity index (χ0n) is 14.1. The fraction of sp³-hybridized carbons (Fsp3) is 0.500. The number of aryl methyl sites for hydroxylation is 1. The molecule has 1 aliphatic rings. The molecule has 0 bridgehead atoms. The van der Waals surface area contributed by atoms with Gasteiger partial charge in [-0.2, -0.15) is 4.98 Å². The molecule has 3 N–H and O–H groups in total. The van der Waals surface area contributed by atoms with Gasteiger partial charge in [0, 0.05) is 24.4 Å². The van der Waals surface area contributed by atoms with Gasteiger partial charge in [0.05, 0.1) is 0 Å². The molecule has 3 rings (SSSR count). The summed E-state index contributed by atoms with van der Waals surface area (Å²) in [6, 6.07) is 6.13. The Morgan fingerprint density at radius 3 is 2.88 bits per heavy atom. The molecule has 2 atom stereocenters. The Bertz CT molecular complexity index is 701. The molecule has 134 valence electrons. The van der Waals surface area contributed by atoms with Gasteiger partial charge in [-0.15, -0.1) is 0 Å². The van der Waals surface area contributed by atoms with Gasteiger partial charge in [-0.1, -0.05) is 11.6 Å². The highest BCUT2D eigenvalue weighted by Crippen LogP contribution is 2.24. The molecule has 0 aliphatic heterocycles. The number of rotatable bonds is 7. The van der Waals surface area contributed by atoms with Crippen LogP contribution in [0.1, 0.15) is 38.0 Å². The van der Waals surface area contributed by atoms with Crippen LogP contribution in [0, 0.1) is 11.7 Å². The quantitative estimate of drug-likeness (QED) is 0.803. The fourth-order valence-electron chi connectivity index (χ4n) is 3.26. The van der Waals surface area contributed by atoms with Gasteiger partial charge in [-0.3, -0.25) is 4.79 Å². The Hall–Kier alpha value is -2.28. The Balaban J connectivity index is 1.44. The maximum absolute atomic E-state index is 12.9. The Morgan fingerprint density at radius 1 is 1.32 bits per heavy atom. The number of nitrogens with zero attached hydrogens (tertiary/aromatic N) is 2. The number of carbonyl (C=O) groups excluding carboxylic acids is 1. The number of nitrogens with two attached hydrogens (primary N) is 1. The maximum Gasteiger partial charge on any atom is 0.226 e. The average molecular weight is 346 g/mol. The zero-order valence-corrected chi connectivity index (χ0v) is 14.1. The third kappa shape index (κ3) is 4.63. The predicted molar refractivity (Wildman–Crippen MR) is 91.0 cm³/mol. The molecule has 2 unspecified atom stereocenters. The summed E-state index contributed by atoms with van der Waals surface area (Å²) >= 11 is 0. The third-order valence-electron chi connectivity index (χ3n) is 4.67. The smallest absolute Gasteiger partial charge is 0.226 e. The maximum atomic E-state index is 12.9. The van der Waals surface area contributed by atoms with Crippen LogP contribution in [-0.2, 0) is 11.2 Å². The topological polar surface area (TPSA) is 94.0 Å². The van der Waals surface area contributed by atoms with Crippen LogP contribution in [-0.4, -0.2) is 28.6 Å². The first-order valence-corrected chi connectivity index (χ1v) is 8.73. The standard InChI is InChI=1S/C18H23FN4O2/c19-14-9-7-12(8-10-14)18-22-17(25-23-18)6-2-5-16(24)21-15-4-1-3-13(15)11-20/h7-10,13,15H,1-6,11,20H2,(H,21,24). The molecule has 1 amide bonds. The highest BCUT2D eigenvalue weighted by molar-refractivity contribution is 5.76. The van der Waals surface area contributed by atoms with E-state index >= 15 is 0 Å². The molecular formula is C18H23FN4O2. The van der Waals surface area contributed by atoms with Crippen molar-refractivity contribution < 1.29 is 13.7 Å². The molecule has 6 nitrogen and oxygen atoms in total. The molecule has 0 spiro atoms. The van der Waals surface area contributed by atoms with Crippen LogP contribution in [0.2, 0.25) is 0 Å². The monoisotopic (exact) mass is 346 g/mol. The fourth-order valence-corrected chi connectivity index (χ4v) is 3.26. The van der Waals surface area contributed by atoms with Gasteiger partial charge in [-0.05, 0) is 56.0 Å². The summed E-state index contributed by atoms with van der Waals surface area (Å²) in [6.07, 6.45) is 4.82. The molecule has 2 aromatic rings. The lowest BCUT2D eigenvalue weighted by Gasteiger charge is -2.19. The lowest BCUT2D eigenvalue weighted by Crippen LogP contribution is -2.39. The molecule has 7 heteroatoms. The van der Waals surface area contributed by atoms with Crippen LogP contribution < -0.4 is 11.1 Å². The first kappa shape index (κ1) is 17.5. The van der Waals surface area contributed by atoms with Crippen molar-refractivity contribution in [1.82, 2.24) is 15.5 Å². The minimum Gasteiger partial charge on any atom is -0.353 e. The molecule has 25 heavy (non-hydrogen) atoms. The molecule has 1 aromatic heterocycles. The van der Waals surface area contributed by atoms with E-state index in [0.717, 1.165) is 19.3 Å². The largest absolute Gasteiger partial charge is 0.353 e. The minimum absolute atomic E-state index is 0.0450. The van der Waals surface area contributed by atoms with E-state index in [9.17, 15) is 9.18 Å². The van der Waals surface area contributed by atoms with Gasteiger partial charge in [-0.25, -0.2) is 4.39 Å². The van der Waals surface area contributed by atoms with Crippen LogP contribution in [0.3, 0.4) is 0 Å². The van der Waals surface area contributed by atoms with Crippen LogP contribution in [0.5, 0.6) is 0 Å². The summed E-state index contributed by atoms with van der Waals surface area (Å²) in [5, 5.41) is 6.98. The molecule has 1 heterocycles. The number of nitrogens with one attached hydrogen (secondary N) is 1. The second-order valence-electron chi connectivity index (χ2n) is 6.47. The van der Waals surface area contributed by atoms with Crippen molar-refractivity contribution in [3.8, 4) is 11.4 Å². The van der Waals surface area contributed by atoms with Gasteiger partial charge < -0.3 is 15.6 Å². The van der Waals surface area contributed by atoms with Crippen LogP contribution in [0.4, 0.5) is 4.39 Å². The molecule has 0 radical (unpaired) electrons. The van der Waals surface area contributed by atoms with E-state index in [1.165, 1.54) is 12.1 Å². The number of carbonyl (C=O) groups is 1. The van der Waals surface area contributed by atoms with Crippen LogP contribution in [0.15, 0.2) is 28.8 Å². The lowest BCUT2D eigenvalue weighted by atomic mass is 10.0. The number of hydrogen-bond acceptors (Lipinski definition) is 5. The van der Waals surface area contributed by atoms with Gasteiger partial charge in [0.25, 0.3) is 0 Å². The summed E-state index contributed by atoms with van der Waals surface area (Å²) < 4.78 is 18.1. The molecule has 1 aromatic carbocycles. The first-order valence-electron chi connectivity index (χ1n) is 8.73. The molecule has 1 saturated carbocycles. The van der Waals surface area contributed by atoms with Gasteiger partial charge in [0.1, 0.15) is 5.82 Å². The molecule has 1 aliphatic carbocycles. The summed E-state index contributed by atoms with van der Waals surface area (Å²) in [7, 11) is 0. The van der Waals surface area contributed by atoms with Crippen molar-refractivity contribution in [2.24, 2.45) is 11.7 Å². The van der Waals surface area contributed by atoms with Crippen molar-refractivity contribution in [2.75, 3.05) is 6.54 Å². The number of aromatic nitrogens is 2. The van der Waals surface area contributed by atoms with Crippen molar-refractivity contribution >= 4 is 5.91 Å². The average Bonchev–Trinajstić information content (AvgIpc) is 3.25. The second-order valence-corrected chi connectivity index (χ2v) is 6.47. The minimum atomic E-state index is -0.308.